The number of amidine groups is 1. The molecule has 0 aliphatic heterocycles. The summed E-state index contributed by atoms with van der Waals surface area (Å²) in [6.45, 7) is 0. The number of hydrogen-bond acceptors (Lipinski definition) is 5. The van der Waals surface area contributed by atoms with Gasteiger partial charge in [-0.2, -0.15) is 0 Å². The molecule has 6 heteroatoms. The fourth-order valence-corrected chi connectivity index (χ4v) is 0.586. The van der Waals surface area contributed by atoms with Crippen molar-refractivity contribution in [3.05, 3.63) is 0 Å². The minimum Gasteiger partial charge on any atom is -0.468 e. The number of nitrogens with one attached hydrogen (secondary N) is 1. The van der Waals surface area contributed by atoms with E-state index in [-0.39, 0.29) is 0 Å². The molecule has 0 aromatic heterocycles. The second-order valence-electron chi connectivity index (χ2n) is 1.93. The van der Waals surface area contributed by atoms with Crippen molar-refractivity contribution in [2.75, 3.05) is 14.2 Å². The normalized spacial score (nSPS) is 9.25. The van der Waals surface area contributed by atoms with E-state index in [0.29, 0.717) is 0 Å². The third kappa shape index (κ3) is 2.22. The minimum absolute atomic E-state index is 0.589. The molecule has 6 nitrogen and oxygen atoms in total. The lowest BCUT2D eigenvalue weighted by atomic mass is 10.1. The van der Waals surface area contributed by atoms with Gasteiger partial charge in [0.05, 0.1) is 14.2 Å². The minimum atomic E-state index is -1.44. The number of nitrogens with two attached hydrogens (primary N) is 1. The highest BCUT2D eigenvalue weighted by Crippen LogP contribution is 2.00. The summed E-state index contributed by atoms with van der Waals surface area (Å²) in [5.74, 6) is -3.82. The van der Waals surface area contributed by atoms with Gasteiger partial charge in [0.2, 0.25) is 5.92 Å². The van der Waals surface area contributed by atoms with Crippen molar-refractivity contribution in [2.45, 2.75) is 0 Å². The standard InChI is InChI=1S/C6H10N2O4/c1-11-5(9)3(4(7)8)6(10)12-2/h3H,1-2H3,(H3,7,8). The summed E-state index contributed by atoms with van der Waals surface area (Å²) in [4.78, 5) is 21.6. The van der Waals surface area contributed by atoms with E-state index in [1.54, 1.807) is 0 Å². The first-order chi connectivity index (χ1) is 5.54. The van der Waals surface area contributed by atoms with E-state index in [4.69, 9.17) is 11.1 Å². The molecule has 12 heavy (non-hydrogen) atoms. The van der Waals surface area contributed by atoms with Gasteiger partial charge in [-0.1, -0.05) is 0 Å². The largest absolute Gasteiger partial charge is 0.468 e. The SMILES string of the molecule is COC(=O)C(C(=N)N)C(=O)OC. The molecule has 0 rings (SSSR count). The van der Waals surface area contributed by atoms with Crippen LogP contribution < -0.4 is 5.73 Å². The van der Waals surface area contributed by atoms with Crippen LogP contribution in [-0.2, 0) is 19.1 Å². The molecule has 0 saturated carbocycles. The lowest BCUT2D eigenvalue weighted by Crippen LogP contribution is -2.37. The molecule has 3 N–H and O–H groups in total. The molecule has 0 unspecified atom stereocenters. The van der Waals surface area contributed by atoms with Crippen LogP contribution in [0.1, 0.15) is 0 Å². The number of rotatable bonds is 3. The quantitative estimate of drug-likeness (QED) is 0.244. The fourth-order valence-electron chi connectivity index (χ4n) is 0.586. The van der Waals surface area contributed by atoms with Crippen LogP contribution in [0.15, 0.2) is 0 Å². The van der Waals surface area contributed by atoms with Crippen LogP contribution in [0.3, 0.4) is 0 Å². The van der Waals surface area contributed by atoms with Gasteiger partial charge in [0.1, 0.15) is 5.84 Å². The first-order valence-electron chi connectivity index (χ1n) is 3.04. The monoisotopic (exact) mass is 174 g/mol. The molecule has 0 amide bonds. The van der Waals surface area contributed by atoms with Gasteiger partial charge in [-0.15, -0.1) is 0 Å². The molecule has 0 atom stereocenters. The van der Waals surface area contributed by atoms with E-state index >= 15 is 0 Å². The Labute approximate surface area is 69.1 Å². The van der Waals surface area contributed by atoms with Gasteiger partial charge in [0.25, 0.3) is 0 Å². The fraction of sp³-hybridized carbons (Fsp3) is 0.500. The number of hydrogen-bond donors (Lipinski definition) is 2. The molecule has 0 aromatic rings. The van der Waals surface area contributed by atoms with Gasteiger partial charge in [-0.05, 0) is 0 Å². The summed E-state index contributed by atoms with van der Waals surface area (Å²) in [5.41, 5.74) is 4.97. The first kappa shape index (κ1) is 10.4. The zero-order valence-corrected chi connectivity index (χ0v) is 6.79. The number of carbonyl (C=O) groups excluding carboxylic acids is 2. The van der Waals surface area contributed by atoms with Crippen molar-refractivity contribution < 1.29 is 19.1 Å². The molecule has 0 bridgehead atoms. The van der Waals surface area contributed by atoms with Crippen LogP contribution in [0.2, 0.25) is 0 Å². The maximum Gasteiger partial charge on any atom is 0.327 e. The molecule has 0 fully saturated rings. The average molecular weight is 174 g/mol. The van der Waals surface area contributed by atoms with Gasteiger partial charge < -0.3 is 15.2 Å². The second-order valence-corrected chi connectivity index (χ2v) is 1.93. The molecular formula is C6H10N2O4. The molecule has 0 aromatic carbocycles. The number of methoxy groups -OCH3 is 2. The highest BCUT2D eigenvalue weighted by Gasteiger charge is 2.31. The third-order valence-corrected chi connectivity index (χ3v) is 1.18. The van der Waals surface area contributed by atoms with Crippen molar-refractivity contribution in [3.63, 3.8) is 0 Å². The molecule has 0 spiro atoms. The van der Waals surface area contributed by atoms with E-state index in [9.17, 15) is 9.59 Å². The van der Waals surface area contributed by atoms with Crippen LogP contribution in [0.25, 0.3) is 0 Å². The Balaban J connectivity index is 4.55. The lowest BCUT2D eigenvalue weighted by Gasteiger charge is -2.09. The third-order valence-electron chi connectivity index (χ3n) is 1.18. The van der Waals surface area contributed by atoms with Crippen LogP contribution in [-0.4, -0.2) is 32.0 Å². The highest BCUT2D eigenvalue weighted by atomic mass is 16.5. The lowest BCUT2D eigenvalue weighted by molar-refractivity contribution is -0.155. The van der Waals surface area contributed by atoms with Crippen molar-refractivity contribution in [3.8, 4) is 0 Å². The van der Waals surface area contributed by atoms with Crippen LogP contribution in [0.4, 0.5) is 0 Å². The van der Waals surface area contributed by atoms with Crippen molar-refractivity contribution in [1.82, 2.24) is 0 Å². The Morgan fingerprint density at radius 1 is 1.25 bits per heavy atom. The highest BCUT2D eigenvalue weighted by molar-refractivity contribution is 6.14. The second kappa shape index (κ2) is 4.32. The summed E-state index contributed by atoms with van der Waals surface area (Å²) in [7, 11) is 2.20. The van der Waals surface area contributed by atoms with Gasteiger partial charge in [0.15, 0.2) is 0 Å². The molecule has 0 aliphatic carbocycles. The van der Waals surface area contributed by atoms with Gasteiger partial charge in [-0.25, -0.2) is 0 Å². The van der Waals surface area contributed by atoms with E-state index in [1.807, 2.05) is 0 Å². The van der Waals surface area contributed by atoms with E-state index in [2.05, 4.69) is 9.47 Å². The summed E-state index contributed by atoms with van der Waals surface area (Å²) < 4.78 is 8.47. The summed E-state index contributed by atoms with van der Waals surface area (Å²) in [5, 5.41) is 6.90. The zero-order chi connectivity index (χ0) is 9.72. The van der Waals surface area contributed by atoms with Crippen LogP contribution in [0.5, 0.6) is 0 Å². The summed E-state index contributed by atoms with van der Waals surface area (Å²) in [6.07, 6.45) is 0. The Morgan fingerprint density at radius 3 is 1.75 bits per heavy atom. The smallest absolute Gasteiger partial charge is 0.327 e. The Bertz CT molecular complexity index is 198. The maximum atomic E-state index is 10.8. The Morgan fingerprint density at radius 2 is 1.58 bits per heavy atom. The summed E-state index contributed by atoms with van der Waals surface area (Å²) in [6, 6.07) is 0. The molecule has 0 saturated heterocycles. The average Bonchev–Trinajstić information content (AvgIpc) is 2.03. The van der Waals surface area contributed by atoms with Crippen LogP contribution >= 0.6 is 0 Å². The summed E-state index contributed by atoms with van der Waals surface area (Å²) >= 11 is 0. The topological polar surface area (TPSA) is 102 Å². The first-order valence-corrected chi connectivity index (χ1v) is 3.04. The Hall–Kier alpha value is -1.59. The molecule has 68 valence electrons. The van der Waals surface area contributed by atoms with E-state index in [1.165, 1.54) is 0 Å². The zero-order valence-electron chi connectivity index (χ0n) is 6.79. The van der Waals surface area contributed by atoms with Crippen molar-refractivity contribution in [2.24, 2.45) is 11.7 Å². The van der Waals surface area contributed by atoms with E-state index < -0.39 is 23.7 Å². The number of esters is 2. The number of carbonyl (C=O) groups is 2. The molecule has 0 radical (unpaired) electrons. The van der Waals surface area contributed by atoms with Crippen molar-refractivity contribution in [1.29, 1.82) is 5.41 Å². The predicted octanol–water partition coefficient (Wildman–Crippen LogP) is -1.12. The van der Waals surface area contributed by atoms with E-state index in [0.717, 1.165) is 14.2 Å². The van der Waals surface area contributed by atoms with Gasteiger partial charge >= 0.3 is 11.9 Å². The van der Waals surface area contributed by atoms with Gasteiger partial charge in [-0.3, -0.25) is 15.0 Å². The molecular weight excluding hydrogens is 164 g/mol. The number of ether oxygens (including phenoxy) is 2. The maximum absolute atomic E-state index is 10.8. The predicted molar refractivity (Wildman–Crippen MR) is 39.4 cm³/mol. The molecule has 0 aliphatic rings. The van der Waals surface area contributed by atoms with Crippen LogP contribution in [0, 0.1) is 11.3 Å². The van der Waals surface area contributed by atoms with Crippen molar-refractivity contribution >= 4 is 17.8 Å². The molecule has 0 heterocycles. The van der Waals surface area contributed by atoms with Gasteiger partial charge in [0, 0.05) is 0 Å². The Kier molecular flexibility index (Phi) is 3.75.